The van der Waals surface area contributed by atoms with Gasteiger partial charge in [-0.15, -0.1) is 0 Å². The fraction of sp³-hybridized carbons (Fsp3) is 0.750. The van der Waals surface area contributed by atoms with Crippen LogP contribution in [-0.4, -0.2) is 11.1 Å². The van der Waals surface area contributed by atoms with Crippen molar-refractivity contribution in [3.05, 3.63) is 12.2 Å². The summed E-state index contributed by atoms with van der Waals surface area (Å²) in [5, 5.41) is 7.89. The lowest BCUT2D eigenvalue weighted by Crippen LogP contribution is -1.95. The van der Waals surface area contributed by atoms with E-state index < -0.39 is 5.97 Å². The summed E-state index contributed by atoms with van der Waals surface area (Å²) in [4.78, 5) is 9.60. The molecule has 0 unspecified atom stereocenters. The number of carbonyl (C=O) groups is 1. The Morgan fingerprint density at radius 3 is 1.64 bits per heavy atom. The minimum atomic E-state index is -0.935. The van der Waals surface area contributed by atoms with Crippen molar-refractivity contribution < 1.29 is 9.90 Å². The molecule has 0 spiro atoms. The quantitative estimate of drug-likeness (QED) is 0.654. The lowest BCUT2D eigenvalue weighted by atomic mass is 10.0. The molecule has 0 aromatic rings. The smallest absolute Gasteiger partial charge is 0.330 e. The Morgan fingerprint density at radius 1 is 1.14 bits per heavy atom. The Balaban J connectivity index is 0.000000149. The Bertz CT molecular complexity index is 188. The fourth-order valence-electron chi connectivity index (χ4n) is 2.52. The number of carboxylic acids is 1. The number of carboxylic acid groups (broad SMARTS) is 1. The molecule has 0 saturated heterocycles. The van der Waals surface area contributed by atoms with E-state index in [1.165, 1.54) is 31.6 Å². The van der Waals surface area contributed by atoms with Gasteiger partial charge in [-0.3, -0.25) is 0 Å². The van der Waals surface area contributed by atoms with E-state index in [9.17, 15) is 4.79 Å². The molecule has 1 N–H and O–H groups in total. The number of hydrogen-bond acceptors (Lipinski definition) is 1. The number of fused-ring (bicyclic) bond motifs is 1. The monoisotopic (exact) mass is 196 g/mol. The first kappa shape index (κ1) is 11.3. The second-order valence-corrected chi connectivity index (χ2v) is 4.47. The van der Waals surface area contributed by atoms with Crippen LogP contribution < -0.4 is 0 Å². The first-order chi connectivity index (χ1) is 6.61. The summed E-state index contributed by atoms with van der Waals surface area (Å²) in [6, 6.07) is 0. The fourth-order valence-corrected chi connectivity index (χ4v) is 2.52. The molecule has 14 heavy (non-hydrogen) atoms. The highest BCUT2D eigenvalue weighted by molar-refractivity contribution is 5.84. The Hall–Kier alpha value is -0.790. The van der Waals surface area contributed by atoms with Crippen molar-refractivity contribution in [2.24, 2.45) is 11.8 Å². The largest absolute Gasteiger partial charge is 0.478 e. The van der Waals surface area contributed by atoms with Crippen LogP contribution in [0.1, 0.15) is 45.4 Å². The summed E-state index contributed by atoms with van der Waals surface area (Å²) in [7, 11) is 0. The second kappa shape index (κ2) is 5.18. The van der Waals surface area contributed by atoms with E-state index in [1.54, 1.807) is 25.7 Å². The third kappa shape index (κ3) is 3.17. The van der Waals surface area contributed by atoms with E-state index in [1.807, 2.05) is 0 Å². The van der Waals surface area contributed by atoms with Crippen molar-refractivity contribution in [2.45, 2.75) is 45.4 Å². The van der Waals surface area contributed by atoms with Crippen LogP contribution in [0.2, 0.25) is 0 Å². The molecule has 2 rings (SSSR count). The Morgan fingerprint density at radius 2 is 1.43 bits per heavy atom. The van der Waals surface area contributed by atoms with Gasteiger partial charge in [0, 0.05) is 5.57 Å². The SMILES string of the molecule is C1CC2CCCC2C1.C=C(C)C(=O)O. The molecular formula is C12H20O2. The van der Waals surface area contributed by atoms with E-state index in [-0.39, 0.29) is 5.57 Å². The summed E-state index contributed by atoms with van der Waals surface area (Å²) < 4.78 is 0. The maximum Gasteiger partial charge on any atom is 0.330 e. The van der Waals surface area contributed by atoms with Crippen molar-refractivity contribution in [2.75, 3.05) is 0 Å². The summed E-state index contributed by atoms with van der Waals surface area (Å²) in [6.07, 6.45) is 9.31. The average Bonchev–Trinajstić information content (AvgIpc) is 2.63. The zero-order chi connectivity index (χ0) is 10.6. The molecule has 2 nitrogen and oxygen atoms in total. The predicted octanol–water partition coefficient (Wildman–Crippen LogP) is 3.23. The summed E-state index contributed by atoms with van der Waals surface area (Å²) in [6.45, 7) is 4.60. The maximum atomic E-state index is 9.60. The highest BCUT2D eigenvalue weighted by Crippen LogP contribution is 2.43. The van der Waals surface area contributed by atoms with Gasteiger partial charge >= 0.3 is 5.97 Å². The van der Waals surface area contributed by atoms with E-state index in [0.717, 1.165) is 0 Å². The van der Waals surface area contributed by atoms with E-state index in [0.29, 0.717) is 0 Å². The average molecular weight is 196 g/mol. The molecule has 0 atom stereocenters. The molecule has 0 bridgehead atoms. The lowest BCUT2D eigenvalue weighted by molar-refractivity contribution is -0.132. The van der Waals surface area contributed by atoms with Crippen LogP contribution in [0.15, 0.2) is 12.2 Å². The second-order valence-electron chi connectivity index (χ2n) is 4.47. The van der Waals surface area contributed by atoms with Crippen LogP contribution in [0.3, 0.4) is 0 Å². The van der Waals surface area contributed by atoms with Crippen LogP contribution in [0.5, 0.6) is 0 Å². The molecule has 2 aliphatic carbocycles. The van der Waals surface area contributed by atoms with Gasteiger partial charge in [0.25, 0.3) is 0 Å². The van der Waals surface area contributed by atoms with Gasteiger partial charge in [-0.05, 0) is 18.8 Å². The van der Waals surface area contributed by atoms with Gasteiger partial charge in [0.2, 0.25) is 0 Å². The van der Waals surface area contributed by atoms with Crippen LogP contribution in [0.25, 0.3) is 0 Å². The summed E-state index contributed by atoms with van der Waals surface area (Å²) in [5.74, 6) is 1.42. The van der Waals surface area contributed by atoms with Crippen LogP contribution in [-0.2, 0) is 4.79 Å². The Labute approximate surface area is 86.0 Å². The molecule has 2 saturated carbocycles. The molecule has 2 fully saturated rings. The number of aliphatic carboxylic acids is 1. The van der Waals surface area contributed by atoms with Gasteiger partial charge in [0.05, 0.1) is 0 Å². The normalized spacial score (nSPS) is 28.9. The van der Waals surface area contributed by atoms with Crippen LogP contribution >= 0.6 is 0 Å². The Kier molecular flexibility index (Phi) is 4.18. The molecule has 80 valence electrons. The van der Waals surface area contributed by atoms with Gasteiger partial charge in [-0.2, -0.15) is 0 Å². The van der Waals surface area contributed by atoms with Crippen molar-refractivity contribution in [3.8, 4) is 0 Å². The van der Waals surface area contributed by atoms with Gasteiger partial charge < -0.3 is 5.11 Å². The molecular weight excluding hydrogens is 176 g/mol. The lowest BCUT2D eigenvalue weighted by Gasteiger charge is -2.04. The topological polar surface area (TPSA) is 37.3 Å². The first-order valence-electron chi connectivity index (χ1n) is 5.50. The van der Waals surface area contributed by atoms with E-state index in [2.05, 4.69) is 6.58 Å². The van der Waals surface area contributed by atoms with E-state index in [4.69, 9.17) is 5.11 Å². The zero-order valence-corrected chi connectivity index (χ0v) is 8.96. The molecule has 0 radical (unpaired) electrons. The molecule has 0 aliphatic heterocycles. The first-order valence-corrected chi connectivity index (χ1v) is 5.50. The van der Waals surface area contributed by atoms with Gasteiger partial charge in [-0.25, -0.2) is 4.79 Å². The molecule has 0 amide bonds. The zero-order valence-electron chi connectivity index (χ0n) is 8.96. The summed E-state index contributed by atoms with van der Waals surface area (Å²) in [5.41, 5.74) is 0.176. The molecule has 0 aromatic carbocycles. The van der Waals surface area contributed by atoms with Crippen molar-refractivity contribution >= 4 is 5.97 Å². The highest BCUT2D eigenvalue weighted by Gasteiger charge is 2.30. The molecule has 0 aromatic heterocycles. The molecule has 2 aliphatic rings. The minimum Gasteiger partial charge on any atom is -0.478 e. The standard InChI is InChI=1S/C8H14.C4H6O2/c1-3-7-5-2-6-8(7)4-1;1-3(2)4(5)6/h7-8H,1-6H2;1H2,2H3,(H,5,6). The van der Waals surface area contributed by atoms with Gasteiger partial charge in [0.1, 0.15) is 0 Å². The number of hydrogen-bond donors (Lipinski definition) is 1. The molecule has 0 heterocycles. The third-order valence-electron chi connectivity index (χ3n) is 3.33. The van der Waals surface area contributed by atoms with Crippen molar-refractivity contribution in [1.29, 1.82) is 0 Å². The van der Waals surface area contributed by atoms with Crippen molar-refractivity contribution in [1.82, 2.24) is 0 Å². The predicted molar refractivity (Wildman–Crippen MR) is 57.1 cm³/mol. The van der Waals surface area contributed by atoms with Crippen LogP contribution in [0, 0.1) is 11.8 Å². The van der Waals surface area contributed by atoms with Gasteiger partial charge in [-0.1, -0.05) is 45.1 Å². The third-order valence-corrected chi connectivity index (χ3v) is 3.33. The minimum absolute atomic E-state index is 0.176. The molecule has 2 heteroatoms. The maximum absolute atomic E-state index is 9.60. The summed E-state index contributed by atoms with van der Waals surface area (Å²) >= 11 is 0. The van der Waals surface area contributed by atoms with Gasteiger partial charge in [0.15, 0.2) is 0 Å². The van der Waals surface area contributed by atoms with Crippen LogP contribution in [0.4, 0.5) is 0 Å². The van der Waals surface area contributed by atoms with Crippen molar-refractivity contribution in [3.63, 3.8) is 0 Å². The van der Waals surface area contributed by atoms with E-state index >= 15 is 0 Å². The highest BCUT2D eigenvalue weighted by atomic mass is 16.4. The number of rotatable bonds is 1.